The Labute approximate surface area is 71.0 Å². The molecule has 0 aromatic heterocycles. The summed E-state index contributed by atoms with van der Waals surface area (Å²) in [4.78, 5) is 0. The second kappa shape index (κ2) is 7.59. The van der Waals surface area contributed by atoms with Crippen molar-refractivity contribution in [2.45, 2.75) is 40.0 Å². The first kappa shape index (κ1) is 10.5. The van der Waals surface area contributed by atoms with Crippen molar-refractivity contribution in [3.63, 3.8) is 0 Å². The number of hydrogen-bond acceptors (Lipinski definition) is 0. The fourth-order valence-electron chi connectivity index (χ4n) is 1.25. The van der Waals surface area contributed by atoms with E-state index in [1.807, 2.05) is 0 Å². The Morgan fingerprint density at radius 1 is 1.18 bits per heavy atom. The lowest BCUT2D eigenvalue weighted by atomic mass is 9.99. The van der Waals surface area contributed by atoms with Gasteiger partial charge >= 0.3 is 0 Å². The van der Waals surface area contributed by atoms with Gasteiger partial charge in [-0.1, -0.05) is 37.6 Å². The molecule has 0 saturated carbocycles. The van der Waals surface area contributed by atoms with Gasteiger partial charge in [0.15, 0.2) is 0 Å². The van der Waals surface area contributed by atoms with Crippen LogP contribution in [-0.2, 0) is 0 Å². The normalized spacial score (nSPS) is 14.8. The van der Waals surface area contributed by atoms with Crippen molar-refractivity contribution in [3.8, 4) is 0 Å². The van der Waals surface area contributed by atoms with Crippen LogP contribution >= 0.6 is 0 Å². The molecule has 0 radical (unpaired) electrons. The lowest BCUT2D eigenvalue weighted by Gasteiger charge is -2.06. The van der Waals surface area contributed by atoms with Gasteiger partial charge in [-0.05, 0) is 32.6 Å². The highest BCUT2D eigenvalue weighted by atomic mass is 14.0. The fourth-order valence-corrected chi connectivity index (χ4v) is 1.25. The summed E-state index contributed by atoms with van der Waals surface area (Å²) in [6, 6.07) is 0. The first-order valence-corrected chi connectivity index (χ1v) is 4.59. The molecule has 0 aliphatic rings. The molecule has 0 heterocycles. The summed E-state index contributed by atoms with van der Waals surface area (Å²) >= 11 is 0. The van der Waals surface area contributed by atoms with Crippen LogP contribution in [0.25, 0.3) is 0 Å². The second-order valence-electron chi connectivity index (χ2n) is 2.88. The van der Waals surface area contributed by atoms with E-state index in [0.29, 0.717) is 0 Å². The maximum atomic E-state index is 2.31. The summed E-state index contributed by atoms with van der Waals surface area (Å²) in [5.41, 5.74) is 0. The zero-order chi connectivity index (χ0) is 8.53. The Kier molecular flexibility index (Phi) is 7.23. The van der Waals surface area contributed by atoms with E-state index in [2.05, 4.69) is 45.1 Å². The van der Waals surface area contributed by atoms with Crippen molar-refractivity contribution in [2.75, 3.05) is 0 Å². The summed E-state index contributed by atoms with van der Waals surface area (Å²) in [7, 11) is 0. The average Bonchev–Trinajstić information content (AvgIpc) is 2.01. The molecular formula is C11H20. The lowest BCUT2D eigenvalue weighted by molar-refractivity contribution is 0.587. The molecule has 0 fully saturated rings. The molecule has 64 valence electrons. The third kappa shape index (κ3) is 5.90. The molecule has 1 atom stereocenters. The summed E-state index contributed by atoms with van der Waals surface area (Å²) in [6.45, 7) is 6.42. The molecule has 0 amide bonds. The van der Waals surface area contributed by atoms with Gasteiger partial charge in [0.05, 0.1) is 0 Å². The minimum Gasteiger partial charge on any atom is -0.0916 e. The van der Waals surface area contributed by atoms with Crippen LogP contribution in [0.5, 0.6) is 0 Å². The maximum absolute atomic E-state index is 2.31. The average molecular weight is 152 g/mol. The Morgan fingerprint density at radius 2 is 1.91 bits per heavy atom. The third-order valence-electron chi connectivity index (χ3n) is 1.80. The van der Waals surface area contributed by atoms with Crippen LogP contribution in [0.4, 0.5) is 0 Å². The van der Waals surface area contributed by atoms with E-state index in [4.69, 9.17) is 0 Å². The van der Waals surface area contributed by atoms with Gasteiger partial charge in [0.1, 0.15) is 0 Å². The van der Waals surface area contributed by atoms with E-state index in [1.54, 1.807) is 0 Å². The Hall–Kier alpha value is -0.520. The minimum absolute atomic E-state index is 0.765. The Morgan fingerprint density at radius 3 is 2.36 bits per heavy atom. The van der Waals surface area contributed by atoms with Crippen LogP contribution in [0.1, 0.15) is 40.0 Å². The van der Waals surface area contributed by atoms with Crippen LogP contribution < -0.4 is 0 Å². The molecule has 0 rings (SSSR count). The zero-order valence-corrected chi connectivity index (χ0v) is 8.01. The predicted molar refractivity (Wildman–Crippen MR) is 52.6 cm³/mol. The molecule has 0 aliphatic heterocycles. The molecule has 0 spiro atoms. The summed E-state index contributed by atoms with van der Waals surface area (Å²) in [5.74, 6) is 0.765. The van der Waals surface area contributed by atoms with Crippen LogP contribution in [0, 0.1) is 5.92 Å². The highest BCUT2D eigenvalue weighted by molar-refractivity contribution is 4.91. The van der Waals surface area contributed by atoms with E-state index in [1.165, 1.54) is 19.3 Å². The van der Waals surface area contributed by atoms with Crippen LogP contribution in [0.2, 0.25) is 0 Å². The molecule has 0 aliphatic carbocycles. The van der Waals surface area contributed by atoms with Gasteiger partial charge in [0.2, 0.25) is 0 Å². The largest absolute Gasteiger partial charge is 0.0916 e. The van der Waals surface area contributed by atoms with E-state index in [9.17, 15) is 0 Å². The molecule has 11 heavy (non-hydrogen) atoms. The summed E-state index contributed by atoms with van der Waals surface area (Å²) in [6.07, 6.45) is 12.6. The van der Waals surface area contributed by atoms with Crippen molar-refractivity contribution >= 4 is 0 Å². The lowest BCUT2D eigenvalue weighted by Crippen LogP contribution is -1.92. The van der Waals surface area contributed by atoms with Crippen molar-refractivity contribution < 1.29 is 0 Å². The molecule has 0 saturated heterocycles. The predicted octanol–water partition coefficient (Wildman–Crippen LogP) is 3.95. The first-order valence-electron chi connectivity index (χ1n) is 4.59. The van der Waals surface area contributed by atoms with Gasteiger partial charge in [-0.25, -0.2) is 0 Å². The topological polar surface area (TPSA) is 0 Å². The maximum Gasteiger partial charge on any atom is -0.0199 e. The highest BCUT2D eigenvalue weighted by Crippen LogP contribution is 2.13. The molecule has 0 aromatic rings. The molecule has 0 bridgehead atoms. The van der Waals surface area contributed by atoms with Gasteiger partial charge in [-0.2, -0.15) is 0 Å². The molecule has 1 unspecified atom stereocenters. The smallest absolute Gasteiger partial charge is 0.0199 e. The number of hydrogen-bond donors (Lipinski definition) is 0. The first-order chi connectivity index (χ1) is 5.35. The zero-order valence-electron chi connectivity index (χ0n) is 8.01. The standard InChI is InChI=1S/C11H20/c1-4-7-10-11(8-5-2)9-6-3/h4-5,7-8,11H,6,9-10H2,1-3H3/b7-4+,8-5+. The molecule has 0 N–H and O–H groups in total. The van der Waals surface area contributed by atoms with E-state index in [0.717, 1.165) is 5.92 Å². The summed E-state index contributed by atoms with van der Waals surface area (Å²) < 4.78 is 0. The van der Waals surface area contributed by atoms with Crippen molar-refractivity contribution in [1.82, 2.24) is 0 Å². The highest BCUT2D eigenvalue weighted by Gasteiger charge is 1.98. The van der Waals surface area contributed by atoms with Crippen LogP contribution in [0.15, 0.2) is 24.3 Å². The van der Waals surface area contributed by atoms with Crippen molar-refractivity contribution in [1.29, 1.82) is 0 Å². The third-order valence-corrected chi connectivity index (χ3v) is 1.80. The Bertz CT molecular complexity index is 120. The van der Waals surface area contributed by atoms with Gasteiger partial charge in [0, 0.05) is 0 Å². The number of allylic oxidation sites excluding steroid dienone is 4. The van der Waals surface area contributed by atoms with E-state index >= 15 is 0 Å². The molecule has 0 heteroatoms. The minimum atomic E-state index is 0.765. The van der Waals surface area contributed by atoms with Gasteiger partial charge in [0.25, 0.3) is 0 Å². The van der Waals surface area contributed by atoms with Crippen LogP contribution in [-0.4, -0.2) is 0 Å². The molecular weight excluding hydrogens is 132 g/mol. The van der Waals surface area contributed by atoms with Crippen molar-refractivity contribution in [2.24, 2.45) is 5.92 Å². The van der Waals surface area contributed by atoms with Crippen LogP contribution in [0.3, 0.4) is 0 Å². The quantitative estimate of drug-likeness (QED) is 0.523. The molecule has 0 nitrogen and oxygen atoms in total. The Balaban J connectivity index is 3.68. The SMILES string of the molecule is C/C=C/CC(/C=C/C)CCC. The summed E-state index contributed by atoms with van der Waals surface area (Å²) in [5, 5.41) is 0. The second-order valence-corrected chi connectivity index (χ2v) is 2.88. The van der Waals surface area contributed by atoms with Gasteiger partial charge in [-0.3, -0.25) is 0 Å². The van der Waals surface area contributed by atoms with Crippen molar-refractivity contribution in [3.05, 3.63) is 24.3 Å². The molecule has 0 aromatic carbocycles. The van der Waals surface area contributed by atoms with E-state index in [-0.39, 0.29) is 0 Å². The van der Waals surface area contributed by atoms with Gasteiger partial charge in [-0.15, -0.1) is 0 Å². The fraction of sp³-hybridized carbons (Fsp3) is 0.636. The monoisotopic (exact) mass is 152 g/mol. The van der Waals surface area contributed by atoms with Gasteiger partial charge < -0.3 is 0 Å². The number of rotatable bonds is 5. The van der Waals surface area contributed by atoms with E-state index < -0.39 is 0 Å².